The molecule has 0 bridgehead atoms. The van der Waals surface area contributed by atoms with E-state index in [9.17, 15) is 4.79 Å². The molecule has 0 fully saturated rings. The quantitative estimate of drug-likeness (QED) is 0.404. The van der Waals surface area contributed by atoms with E-state index in [1.54, 1.807) is 6.20 Å². The minimum absolute atomic E-state index is 0.0396. The molecule has 8 heteroatoms. The van der Waals surface area contributed by atoms with E-state index >= 15 is 0 Å². The topological polar surface area (TPSA) is 82.9 Å². The van der Waals surface area contributed by atoms with Crippen molar-refractivity contribution in [3.63, 3.8) is 0 Å². The molecule has 3 aromatic heterocycles. The maximum Gasteiger partial charge on any atom is 0.265 e. The Balaban J connectivity index is 1.79. The summed E-state index contributed by atoms with van der Waals surface area (Å²) in [5.74, 6) is 0.760. The van der Waals surface area contributed by atoms with E-state index in [1.165, 1.54) is 5.56 Å². The summed E-state index contributed by atoms with van der Waals surface area (Å²) in [6, 6.07) is 14.1. The molecule has 1 atom stereocenters. The number of hydrogen-bond donors (Lipinski definition) is 1. The van der Waals surface area contributed by atoms with Crippen molar-refractivity contribution in [3.8, 4) is 0 Å². The van der Waals surface area contributed by atoms with Crippen LogP contribution in [0, 0.1) is 0 Å². The molecule has 0 saturated heterocycles. The zero-order valence-electron chi connectivity index (χ0n) is 19.5. The maximum atomic E-state index is 13.5. The highest BCUT2D eigenvalue weighted by atomic mass is 16.1. The van der Waals surface area contributed by atoms with Gasteiger partial charge in [-0.3, -0.25) is 24.3 Å². The number of fused-ring (bicyclic) bond motifs is 1. The number of rotatable bonds is 10. The fourth-order valence-electron chi connectivity index (χ4n) is 4.12. The number of aromatic amines is 1. The van der Waals surface area contributed by atoms with Crippen molar-refractivity contribution in [2.24, 2.45) is 0 Å². The van der Waals surface area contributed by atoms with Crippen molar-refractivity contribution in [2.45, 2.75) is 32.5 Å². The van der Waals surface area contributed by atoms with Gasteiger partial charge in [-0.1, -0.05) is 37.3 Å². The summed E-state index contributed by atoms with van der Waals surface area (Å²) in [6.45, 7) is 5.11. The first-order valence-corrected chi connectivity index (χ1v) is 11.3. The molecule has 0 aliphatic heterocycles. The van der Waals surface area contributed by atoms with Crippen LogP contribution in [-0.2, 0) is 13.1 Å². The third-order valence-electron chi connectivity index (χ3n) is 5.88. The van der Waals surface area contributed by atoms with Gasteiger partial charge in [-0.2, -0.15) is 5.10 Å². The van der Waals surface area contributed by atoms with Crippen LogP contribution >= 0.6 is 0 Å². The molecule has 1 aromatic carbocycles. The predicted molar refractivity (Wildman–Crippen MR) is 130 cm³/mol. The molecule has 0 spiro atoms. The van der Waals surface area contributed by atoms with Crippen LogP contribution in [0.2, 0.25) is 0 Å². The van der Waals surface area contributed by atoms with Gasteiger partial charge in [-0.05, 0) is 43.8 Å². The van der Waals surface area contributed by atoms with E-state index in [0.717, 1.165) is 37.4 Å². The minimum atomic E-state index is -0.0671. The van der Waals surface area contributed by atoms with Gasteiger partial charge in [0.25, 0.3) is 5.56 Å². The minimum Gasteiger partial charge on any atom is -0.308 e. The summed E-state index contributed by atoms with van der Waals surface area (Å²) in [6.07, 6.45) is 6.03. The molecule has 4 aromatic rings. The van der Waals surface area contributed by atoms with E-state index in [2.05, 4.69) is 46.0 Å². The van der Waals surface area contributed by atoms with Crippen LogP contribution in [0.25, 0.3) is 11.0 Å². The van der Waals surface area contributed by atoms with Crippen molar-refractivity contribution < 1.29 is 0 Å². The summed E-state index contributed by atoms with van der Waals surface area (Å²) >= 11 is 0. The van der Waals surface area contributed by atoms with Crippen molar-refractivity contribution in [1.29, 1.82) is 0 Å². The van der Waals surface area contributed by atoms with Gasteiger partial charge >= 0.3 is 0 Å². The van der Waals surface area contributed by atoms with Crippen LogP contribution in [-0.4, -0.2) is 61.7 Å². The average molecular weight is 446 g/mol. The largest absolute Gasteiger partial charge is 0.308 e. The molecule has 172 valence electrons. The number of aromatic nitrogens is 5. The number of pyridine rings is 1. The molecule has 0 radical (unpaired) electrons. The van der Waals surface area contributed by atoms with Gasteiger partial charge in [0.05, 0.1) is 18.8 Å². The van der Waals surface area contributed by atoms with Crippen LogP contribution in [0.15, 0.2) is 65.8 Å². The molecule has 0 aliphatic rings. The van der Waals surface area contributed by atoms with E-state index in [-0.39, 0.29) is 11.6 Å². The third kappa shape index (κ3) is 5.35. The lowest BCUT2D eigenvalue weighted by Crippen LogP contribution is -2.38. The SMILES string of the molecule is CCC(c1nc2[nH]ncc2c(=O)n1Cc1ccccc1)N(CCN(C)C)Cc1ccncc1. The van der Waals surface area contributed by atoms with Gasteiger partial charge < -0.3 is 4.90 Å². The average Bonchev–Trinajstić information content (AvgIpc) is 3.30. The molecule has 8 nitrogen and oxygen atoms in total. The second-order valence-corrected chi connectivity index (χ2v) is 8.53. The number of nitrogens with zero attached hydrogens (tertiary/aromatic N) is 6. The molecule has 4 rings (SSSR count). The summed E-state index contributed by atoms with van der Waals surface area (Å²) < 4.78 is 1.82. The summed E-state index contributed by atoms with van der Waals surface area (Å²) in [7, 11) is 4.15. The van der Waals surface area contributed by atoms with Crippen molar-refractivity contribution in [2.75, 3.05) is 27.2 Å². The number of H-pyrrole nitrogens is 1. The van der Waals surface area contributed by atoms with Crippen molar-refractivity contribution >= 4 is 11.0 Å². The number of nitrogens with one attached hydrogen (secondary N) is 1. The van der Waals surface area contributed by atoms with Gasteiger partial charge in [0.1, 0.15) is 11.2 Å². The highest BCUT2D eigenvalue weighted by Crippen LogP contribution is 2.25. The molecule has 0 saturated carbocycles. The maximum absolute atomic E-state index is 13.5. The van der Waals surface area contributed by atoms with Crippen LogP contribution in [0.3, 0.4) is 0 Å². The Morgan fingerprint density at radius 3 is 2.48 bits per heavy atom. The molecule has 1 N–H and O–H groups in total. The smallest absolute Gasteiger partial charge is 0.265 e. The lowest BCUT2D eigenvalue weighted by molar-refractivity contribution is 0.155. The standard InChI is InChI=1S/C25H31N7O/c1-4-22(31(15-14-30(2)3)17-20-10-12-26-13-11-20)24-28-23-21(16-27-29-23)25(33)32(24)18-19-8-6-5-7-9-19/h5-13,16,22H,4,14-15,17-18H2,1-3H3,(H,27,29). The first-order chi connectivity index (χ1) is 16.1. The Hall–Kier alpha value is -3.36. The Kier molecular flexibility index (Phi) is 7.26. The lowest BCUT2D eigenvalue weighted by atomic mass is 10.1. The summed E-state index contributed by atoms with van der Waals surface area (Å²) in [5.41, 5.74) is 2.72. The van der Waals surface area contributed by atoms with Crippen molar-refractivity contribution in [1.82, 2.24) is 34.5 Å². The Morgan fingerprint density at radius 1 is 1.03 bits per heavy atom. The zero-order chi connectivity index (χ0) is 23.2. The highest BCUT2D eigenvalue weighted by Gasteiger charge is 2.26. The number of likely N-dealkylation sites (N-methyl/N-ethyl adjacent to an activating group) is 1. The van der Waals surface area contributed by atoms with E-state index in [4.69, 9.17) is 4.98 Å². The molecule has 3 heterocycles. The van der Waals surface area contributed by atoms with Gasteiger partial charge in [0.15, 0.2) is 5.65 Å². The summed E-state index contributed by atoms with van der Waals surface area (Å²) in [5, 5.41) is 7.49. The molecule has 33 heavy (non-hydrogen) atoms. The van der Waals surface area contributed by atoms with Crippen LogP contribution in [0.4, 0.5) is 0 Å². The normalized spacial score (nSPS) is 12.6. The van der Waals surface area contributed by atoms with Gasteiger partial charge in [0.2, 0.25) is 0 Å². The Bertz CT molecular complexity index is 1220. The van der Waals surface area contributed by atoms with Crippen LogP contribution in [0.1, 0.15) is 36.3 Å². The fourth-order valence-corrected chi connectivity index (χ4v) is 4.12. The van der Waals surface area contributed by atoms with Gasteiger partial charge in [-0.25, -0.2) is 4.98 Å². The van der Waals surface area contributed by atoms with E-state index < -0.39 is 0 Å². The predicted octanol–water partition coefficient (Wildman–Crippen LogP) is 3.08. The van der Waals surface area contributed by atoms with Crippen LogP contribution in [0.5, 0.6) is 0 Å². The molecule has 0 amide bonds. The molecule has 1 unspecified atom stereocenters. The highest BCUT2D eigenvalue weighted by molar-refractivity contribution is 5.72. The molecule has 0 aliphatic carbocycles. The van der Waals surface area contributed by atoms with Gasteiger partial charge in [-0.15, -0.1) is 0 Å². The molecular weight excluding hydrogens is 414 g/mol. The van der Waals surface area contributed by atoms with Crippen molar-refractivity contribution in [3.05, 3.63) is 88.4 Å². The number of benzene rings is 1. The van der Waals surface area contributed by atoms with E-state index in [0.29, 0.717) is 17.6 Å². The summed E-state index contributed by atoms with van der Waals surface area (Å²) in [4.78, 5) is 27.2. The molecular formula is C25H31N7O. The number of hydrogen-bond acceptors (Lipinski definition) is 6. The Morgan fingerprint density at radius 2 is 1.79 bits per heavy atom. The second kappa shape index (κ2) is 10.5. The van der Waals surface area contributed by atoms with Gasteiger partial charge in [0, 0.05) is 32.0 Å². The fraction of sp³-hybridized carbons (Fsp3) is 0.360. The monoisotopic (exact) mass is 445 g/mol. The lowest BCUT2D eigenvalue weighted by Gasteiger charge is -2.33. The second-order valence-electron chi connectivity index (χ2n) is 8.53. The zero-order valence-corrected chi connectivity index (χ0v) is 19.5. The third-order valence-corrected chi connectivity index (χ3v) is 5.88. The van der Waals surface area contributed by atoms with Crippen LogP contribution < -0.4 is 5.56 Å². The Labute approximate surface area is 193 Å². The first-order valence-electron chi connectivity index (χ1n) is 11.3. The van der Waals surface area contributed by atoms with E-state index in [1.807, 2.05) is 59.4 Å². The first kappa shape index (κ1) is 22.8.